The summed E-state index contributed by atoms with van der Waals surface area (Å²) in [6.45, 7) is 2.46. The van der Waals surface area contributed by atoms with Gasteiger partial charge in [0.2, 0.25) is 11.8 Å². The quantitative estimate of drug-likeness (QED) is 0.687. The number of benzene rings is 2. The average molecular weight is 349 g/mol. The molecule has 0 atom stereocenters. The first kappa shape index (κ1) is 17.7. The Hall–Kier alpha value is -3.08. The first-order chi connectivity index (χ1) is 12.6. The molecule has 5 heteroatoms. The average Bonchev–Trinajstić information content (AvgIpc) is 3.06. The lowest BCUT2D eigenvalue weighted by molar-refractivity contribution is -0.121. The van der Waals surface area contributed by atoms with E-state index >= 15 is 0 Å². The molecule has 2 aromatic carbocycles. The van der Waals surface area contributed by atoms with Gasteiger partial charge in [0.1, 0.15) is 0 Å². The van der Waals surface area contributed by atoms with Gasteiger partial charge < -0.3 is 15.2 Å². The van der Waals surface area contributed by atoms with Gasteiger partial charge in [-0.2, -0.15) is 0 Å². The van der Waals surface area contributed by atoms with E-state index in [1.54, 1.807) is 4.90 Å². The largest absolute Gasteiger partial charge is 0.361 e. The van der Waals surface area contributed by atoms with Crippen molar-refractivity contribution in [1.29, 1.82) is 0 Å². The van der Waals surface area contributed by atoms with Crippen molar-refractivity contribution in [1.82, 2.24) is 10.3 Å². The van der Waals surface area contributed by atoms with E-state index in [2.05, 4.69) is 16.4 Å². The zero-order valence-corrected chi connectivity index (χ0v) is 14.9. The summed E-state index contributed by atoms with van der Waals surface area (Å²) in [5.74, 6) is -0.116. The molecule has 1 aromatic heterocycles. The van der Waals surface area contributed by atoms with Gasteiger partial charge in [0.25, 0.3) is 0 Å². The van der Waals surface area contributed by atoms with Crippen molar-refractivity contribution in [2.45, 2.75) is 19.8 Å². The van der Waals surface area contributed by atoms with E-state index < -0.39 is 0 Å². The van der Waals surface area contributed by atoms with E-state index in [1.807, 2.05) is 54.7 Å². The number of hydrogen-bond acceptors (Lipinski definition) is 2. The van der Waals surface area contributed by atoms with Crippen molar-refractivity contribution in [2.24, 2.45) is 0 Å². The Balaban J connectivity index is 1.48. The highest BCUT2D eigenvalue weighted by molar-refractivity contribution is 5.92. The van der Waals surface area contributed by atoms with Crippen LogP contribution in [0.2, 0.25) is 0 Å². The number of fused-ring (bicyclic) bond motifs is 1. The van der Waals surface area contributed by atoms with Gasteiger partial charge in [-0.25, -0.2) is 0 Å². The van der Waals surface area contributed by atoms with Crippen LogP contribution in [0.15, 0.2) is 60.8 Å². The first-order valence-corrected chi connectivity index (χ1v) is 8.80. The molecule has 1 heterocycles. The summed E-state index contributed by atoms with van der Waals surface area (Å²) in [5, 5.41) is 4.13. The first-order valence-electron chi connectivity index (χ1n) is 8.80. The maximum absolute atomic E-state index is 12.1. The fourth-order valence-corrected chi connectivity index (χ4v) is 3.05. The number of H-pyrrole nitrogens is 1. The predicted octanol–water partition coefficient (Wildman–Crippen LogP) is 3.27. The molecule has 0 radical (unpaired) electrons. The molecule has 0 bridgehead atoms. The van der Waals surface area contributed by atoms with Crippen LogP contribution in [0.3, 0.4) is 0 Å². The van der Waals surface area contributed by atoms with E-state index in [-0.39, 0.29) is 18.2 Å². The van der Waals surface area contributed by atoms with E-state index in [1.165, 1.54) is 17.9 Å². The lowest BCUT2D eigenvalue weighted by atomic mass is 10.1. The fourth-order valence-electron chi connectivity index (χ4n) is 3.05. The lowest BCUT2D eigenvalue weighted by Gasteiger charge is -2.20. The minimum Gasteiger partial charge on any atom is -0.361 e. The summed E-state index contributed by atoms with van der Waals surface area (Å²) in [5.41, 5.74) is 3.11. The summed E-state index contributed by atoms with van der Waals surface area (Å²) in [4.78, 5) is 28.8. The van der Waals surface area contributed by atoms with Gasteiger partial charge in [-0.3, -0.25) is 9.59 Å². The molecule has 0 aliphatic heterocycles. The third-order valence-electron chi connectivity index (χ3n) is 4.40. The number of rotatable bonds is 7. The minimum atomic E-state index is -0.0669. The fraction of sp³-hybridized carbons (Fsp3) is 0.238. The molecule has 134 valence electrons. The smallest absolute Gasteiger partial charge is 0.223 e. The van der Waals surface area contributed by atoms with E-state index in [9.17, 15) is 9.59 Å². The van der Waals surface area contributed by atoms with Crippen LogP contribution in [-0.2, 0) is 16.0 Å². The van der Waals surface area contributed by atoms with Crippen LogP contribution >= 0.6 is 0 Å². The molecule has 5 nitrogen and oxygen atoms in total. The number of carbonyl (C=O) groups excluding carboxylic acids is 2. The monoisotopic (exact) mass is 349 g/mol. The Morgan fingerprint density at radius 3 is 2.54 bits per heavy atom. The molecule has 26 heavy (non-hydrogen) atoms. The predicted molar refractivity (Wildman–Crippen MR) is 104 cm³/mol. The van der Waals surface area contributed by atoms with Crippen molar-refractivity contribution in [3.05, 3.63) is 66.4 Å². The van der Waals surface area contributed by atoms with E-state index in [4.69, 9.17) is 0 Å². The Morgan fingerprint density at radius 2 is 1.77 bits per heavy atom. The number of aromatic nitrogens is 1. The van der Waals surface area contributed by atoms with Gasteiger partial charge >= 0.3 is 0 Å². The normalized spacial score (nSPS) is 10.7. The number of anilines is 1. The number of carbonyl (C=O) groups is 2. The van der Waals surface area contributed by atoms with Gasteiger partial charge in [-0.05, 0) is 30.2 Å². The van der Waals surface area contributed by atoms with Gasteiger partial charge in [-0.15, -0.1) is 0 Å². The molecule has 0 saturated heterocycles. The zero-order chi connectivity index (χ0) is 18.4. The van der Waals surface area contributed by atoms with Crippen LogP contribution in [0.4, 0.5) is 5.69 Å². The summed E-state index contributed by atoms with van der Waals surface area (Å²) >= 11 is 0. The third kappa shape index (κ3) is 4.30. The molecule has 2 N–H and O–H groups in total. The second kappa shape index (κ2) is 8.34. The second-order valence-electron chi connectivity index (χ2n) is 6.22. The number of para-hydroxylation sites is 2. The van der Waals surface area contributed by atoms with Gasteiger partial charge in [0.15, 0.2) is 0 Å². The molecule has 3 aromatic rings. The Morgan fingerprint density at radius 1 is 1.04 bits per heavy atom. The Labute approximate surface area is 153 Å². The molecule has 0 unspecified atom stereocenters. The van der Waals surface area contributed by atoms with Gasteiger partial charge in [0, 0.05) is 49.2 Å². The molecular weight excluding hydrogens is 326 g/mol. The van der Waals surface area contributed by atoms with Gasteiger partial charge in [0.05, 0.1) is 0 Å². The second-order valence-corrected chi connectivity index (χ2v) is 6.22. The highest BCUT2D eigenvalue weighted by atomic mass is 16.2. The number of nitrogens with one attached hydrogen (secondary N) is 2. The molecule has 0 aliphatic carbocycles. The Bertz CT molecular complexity index is 886. The molecule has 0 spiro atoms. The van der Waals surface area contributed by atoms with E-state index in [0.29, 0.717) is 13.1 Å². The standard InChI is InChI=1S/C21H23N3O2/c1-16(25)24(18-7-3-2-4-8-18)14-12-21(26)22-13-11-17-15-23-20-10-6-5-9-19(17)20/h2-10,15,23H,11-14H2,1H3,(H,22,26). The molecule has 0 saturated carbocycles. The highest BCUT2D eigenvalue weighted by Gasteiger charge is 2.13. The Kier molecular flexibility index (Phi) is 5.69. The van der Waals surface area contributed by atoms with Crippen molar-refractivity contribution in [2.75, 3.05) is 18.0 Å². The summed E-state index contributed by atoms with van der Waals surface area (Å²) in [6.07, 6.45) is 3.04. The summed E-state index contributed by atoms with van der Waals surface area (Å²) in [7, 11) is 0. The van der Waals surface area contributed by atoms with E-state index in [0.717, 1.165) is 17.6 Å². The maximum Gasteiger partial charge on any atom is 0.223 e. The molecule has 0 fully saturated rings. The number of nitrogens with zero attached hydrogens (tertiary/aromatic N) is 1. The van der Waals surface area contributed by atoms with Crippen LogP contribution in [-0.4, -0.2) is 29.9 Å². The van der Waals surface area contributed by atoms with Crippen molar-refractivity contribution in [3.8, 4) is 0 Å². The summed E-state index contributed by atoms with van der Waals surface area (Å²) in [6, 6.07) is 17.5. The van der Waals surface area contributed by atoms with Crippen molar-refractivity contribution >= 4 is 28.4 Å². The van der Waals surface area contributed by atoms with Crippen LogP contribution < -0.4 is 10.2 Å². The topological polar surface area (TPSA) is 65.2 Å². The van der Waals surface area contributed by atoms with Crippen LogP contribution in [0.1, 0.15) is 18.9 Å². The van der Waals surface area contributed by atoms with Crippen LogP contribution in [0.25, 0.3) is 10.9 Å². The minimum absolute atomic E-state index is 0.0491. The summed E-state index contributed by atoms with van der Waals surface area (Å²) < 4.78 is 0. The lowest BCUT2D eigenvalue weighted by Crippen LogP contribution is -2.34. The van der Waals surface area contributed by atoms with Gasteiger partial charge in [-0.1, -0.05) is 36.4 Å². The molecule has 3 rings (SSSR count). The maximum atomic E-state index is 12.1. The zero-order valence-electron chi connectivity index (χ0n) is 14.9. The third-order valence-corrected chi connectivity index (χ3v) is 4.40. The molecular formula is C21H23N3O2. The van der Waals surface area contributed by atoms with Crippen LogP contribution in [0, 0.1) is 0 Å². The number of aromatic amines is 1. The van der Waals surface area contributed by atoms with Crippen molar-refractivity contribution < 1.29 is 9.59 Å². The SMILES string of the molecule is CC(=O)N(CCC(=O)NCCc1c[nH]c2ccccc12)c1ccccc1. The highest BCUT2D eigenvalue weighted by Crippen LogP contribution is 2.17. The number of amides is 2. The molecule has 0 aliphatic rings. The van der Waals surface area contributed by atoms with Crippen molar-refractivity contribution in [3.63, 3.8) is 0 Å². The van der Waals surface area contributed by atoms with Crippen LogP contribution in [0.5, 0.6) is 0 Å². The molecule has 2 amide bonds. The number of hydrogen-bond donors (Lipinski definition) is 2.